The largest absolute Gasteiger partial charge is 0.351 e. The number of pyridine rings is 1. The topological polar surface area (TPSA) is 42.0 Å². The van der Waals surface area contributed by atoms with E-state index in [1.54, 1.807) is 12.4 Å². The van der Waals surface area contributed by atoms with E-state index < -0.39 is 0 Å². The zero-order valence-electron chi connectivity index (χ0n) is 10.6. The highest BCUT2D eigenvalue weighted by Crippen LogP contribution is 2.27. The fourth-order valence-electron chi connectivity index (χ4n) is 2.18. The normalized spacial score (nSPS) is 16.4. The first-order valence-electron chi connectivity index (χ1n) is 6.62. The van der Waals surface area contributed by atoms with Crippen molar-refractivity contribution in [3.05, 3.63) is 30.1 Å². The lowest BCUT2D eigenvalue weighted by Crippen LogP contribution is -2.26. The number of thioether (sulfide) groups is 1. The molecule has 0 bridgehead atoms. The van der Waals surface area contributed by atoms with Gasteiger partial charge in [0.05, 0.1) is 5.75 Å². The number of hydrogen-bond acceptors (Lipinski definition) is 3. The maximum absolute atomic E-state index is 11.7. The van der Waals surface area contributed by atoms with Crippen molar-refractivity contribution in [2.75, 3.05) is 5.75 Å². The highest BCUT2D eigenvalue weighted by molar-refractivity contribution is 8.00. The lowest BCUT2D eigenvalue weighted by molar-refractivity contribution is -0.118. The van der Waals surface area contributed by atoms with Gasteiger partial charge >= 0.3 is 0 Å². The molecular weight excluding hydrogens is 244 g/mol. The highest BCUT2D eigenvalue weighted by atomic mass is 32.2. The van der Waals surface area contributed by atoms with Gasteiger partial charge in [-0.1, -0.05) is 25.3 Å². The van der Waals surface area contributed by atoms with Crippen LogP contribution in [0.3, 0.4) is 0 Å². The molecule has 4 heteroatoms. The van der Waals surface area contributed by atoms with E-state index in [9.17, 15) is 4.79 Å². The Morgan fingerprint density at radius 1 is 1.39 bits per heavy atom. The van der Waals surface area contributed by atoms with Crippen LogP contribution < -0.4 is 5.32 Å². The van der Waals surface area contributed by atoms with Crippen LogP contribution in [0.5, 0.6) is 0 Å². The summed E-state index contributed by atoms with van der Waals surface area (Å²) < 4.78 is 0. The number of nitrogens with zero attached hydrogens (tertiary/aromatic N) is 1. The number of nitrogens with one attached hydrogen (secondary N) is 1. The van der Waals surface area contributed by atoms with E-state index in [2.05, 4.69) is 10.3 Å². The van der Waals surface area contributed by atoms with Crippen molar-refractivity contribution in [3.8, 4) is 0 Å². The minimum Gasteiger partial charge on any atom is -0.351 e. The van der Waals surface area contributed by atoms with E-state index in [-0.39, 0.29) is 5.91 Å². The second-order valence-electron chi connectivity index (χ2n) is 4.71. The van der Waals surface area contributed by atoms with Crippen LogP contribution in [-0.2, 0) is 11.3 Å². The summed E-state index contributed by atoms with van der Waals surface area (Å²) in [4.78, 5) is 15.7. The van der Waals surface area contributed by atoms with Gasteiger partial charge in [-0.25, -0.2) is 0 Å². The molecule has 0 saturated heterocycles. The molecule has 98 valence electrons. The molecule has 1 saturated carbocycles. The maximum Gasteiger partial charge on any atom is 0.230 e. The number of carbonyl (C=O) groups excluding carboxylic acids is 1. The Bertz CT molecular complexity index is 363. The average molecular weight is 264 g/mol. The second kappa shape index (κ2) is 7.41. The molecule has 18 heavy (non-hydrogen) atoms. The van der Waals surface area contributed by atoms with Crippen molar-refractivity contribution >= 4 is 17.7 Å². The van der Waals surface area contributed by atoms with Crippen LogP contribution >= 0.6 is 11.8 Å². The smallest absolute Gasteiger partial charge is 0.230 e. The molecule has 0 atom stereocenters. The van der Waals surface area contributed by atoms with Gasteiger partial charge in [-0.05, 0) is 24.5 Å². The van der Waals surface area contributed by atoms with Crippen LogP contribution in [0.1, 0.15) is 37.7 Å². The molecule has 3 nitrogen and oxygen atoms in total. The molecule has 0 aromatic carbocycles. The van der Waals surface area contributed by atoms with Gasteiger partial charge in [0.15, 0.2) is 0 Å². The highest BCUT2D eigenvalue weighted by Gasteiger charge is 2.14. The molecule has 1 aromatic rings. The maximum atomic E-state index is 11.7. The monoisotopic (exact) mass is 264 g/mol. The van der Waals surface area contributed by atoms with Crippen molar-refractivity contribution in [1.82, 2.24) is 10.3 Å². The van der Waals surface area contributed by atoms with Gasteiger partial charge < -0.3 is 5.32 Å². The number of amides is 1. The molecule has 2 rings (SSSR count). The van der Waals surface area contributed by atoms with Gasteiger partial charge in [0.2, 0.25) is 5.91 Å². The lowest BCUT2D eigenvalue weighted by Gasteiger charge is -2.20. The van der Waals surface area contributed by atoms with Crippen molar-refractivity contribution in [2.24, 2.45) is 0 Å². The molecule has 1 aromatic heterocycles. The Hall–Kier alpha value is -1.03. The Morgan fingerprint density at radius 2 is 2.22 bits per heavy atom. The lowest BCUT2D eigenvalue weighted by atomic mass is 10.0. The van der Waals surface area contributed by atoms with E-state index in [0.717, 1.165) is 5.56 Å². The molecule has 1 aliphatic carbocycles. The quantitative estimate of drug-likeness (QED) is 0.889. The molecule has 1 fully saturated rings. The van der Waals surface area contributed by atoms with Crippen LogP contribution in [0.25, 0.3) is 0 Å². The third kappa shape index (κ3) is 4.69. The number of hydrogen-bond donors (Lipinski definition) is 1. The van der Waals surface area contributed by atoms with Gasteiger partial charge in [-0.2, -0.15) is 0 Å². The Labute approximate surface area is 113 Å². The molecule has 1 aliphatic rings. The molecule has 0 radical (unpaired) electrons. The Morgan fingerprint density at radius 3 is 2.94 bits per heavy atom. The van der Waals surface area contributed by atoms with E-state index >= 15 is 0 Å². The van der Waals surface area contributed by atoms with Gasteiger partial charge in [-0.3, -0.25) is 9.78 Å². The van der Waals surface area contributed by atoms with Crippen LogP contribution in [0.4, 0.5) is 0 Å². The van der Waals surface area contributed by atoms with Crippen molar-refractivity contribution < 1.29 is 4.79 Å². The summed E-state index contributed by atoms with van der Waals surface area (Å²) in [7, 11) is 0. The first-order chi connectivity index (χ1) is 8.84. The average Bonchev–Trinajstić information content (AvgIpc) is 2.45. The van der Waals surface area contributed by atoms with Crippen LogP contribution in [-0.4, -0.2) is 21.9 Å². The van der Waals surface area contributed by atoms with Gasteiger partial charge in [0.25, 0.3) is 0 Å². The molecule has 0 aliphatic heterocycles. The summed E-state index contributed by atoms with van der Waals surface area (Å²) in [6.45, 7) is 0.581. The number of aromatic nitrogens is 1. The summed E-state index contributed by atoms with van der Waals surface area (Å²) in [6.07, 6.45) is 10.1. The molecule has 1 amide bonds. The first kappa shape index (κ1) is 13.4. The van der Waals surface area contributed by atoms with Gasteiger partial charge in [0.1, 0.15) is 0 Å². The fourth-order valence-corrected chi connectivity index (χ4v) is 3.34. The van der Waals surface area contributed by atoms with Crippen LogP contribution in [0.2, 0.25) is 0 Å². The Kier molecular flexibility index (Phi) is 5.52. The summed E-state index contributed by atoms with van der Waals surface area (Å²) in [6, 6.07) is 3.86. The summed E-state index contributed by atoms with van der Waals surface area (Å²) in [5, 5.41) is 3.64. The fraction of sp³-hybridized carbons (Fsp3) is 0.571. The molecule has 1 N–H and O–H groups in total. The van der Waals surface area contributed by atoms with Crippen molar-refractivity contribution in [3.63, 3.8) is 0 Å². The van der Waals surface area contributed by atoms with E-state index in [4.69, 9.17) is 0 Å². The number of rotatable bonds is 5. The van der Waals surface area contributed by atoms with Crippen LogP contribution in [0, 0.1) is 0 Å². The zero-order valence-corrected chi connectivity index (χ0v) is 11.4. The molecule has 0 spiro atoms. The molecular formula is C14H20N2OS. The number of carbonyl (C=O) groups is 1. The zero-order chi connectivity index (χ0) is 12.6. The third-order valence-corrected chi connectivity index (χ3v) is 4.59. The SMILES string of the molecule is O=C(CSC1CCCCC1)NCc1cccnc1. The molecule has 0 unspecified atom stereocenters. The van der Waals surface area contributed by atoms with Crippen molar-refractivity contribution in [2.45, 2.75) is 43.9 Å². The third-order valence-electron chi connectivity index (χ3n) is 3.21. The van der Waals surface area contributed by atoms with Crippen molar-refractivity contribution in [1.29, 1.82) is 0 Å². The summed E-state index contributed by atoms with van der Waals surface area (Å²) in [5.74, 6) is 0.722. The standard InChI is InChI=1S/C14H20N2OS/c17-14(11-18-13-6-2-1-3-7-13)16-10-12-5-4-8-15-9-12/h4-5,8-9,13H,1-3,6-7,10-11H2,(H,16,17). The first-order valence-corrected chi connectivity index (χ1v) is 7.66. The predicted octanol–water partition coefficient (Wildman–Crippen LogP) is 2.76. The van der Waals surface area contributed by atoms with Crippen LogP contribution in [0.15, 0.2) is 24.5 Å². The Balaban J connectivity index is 1.63. The van der Waals surface area contributed by atoms with E-state index in [1.165, 1.54) is 32.1 Å². The minimum absolute atomic E-state index is 0.134. The van der Waals surface area contributed by atoms with E-state index in [1.807, 2.05) is 23.9 Å². The molecule has 1 heterocycles. The summed E-state index contributed by atoms with van der Waals surface area (Å²) >= 11 is 1.81. The minimum atomic E-state index is 0.134. The second-order valence-corrected chi connectivity index (χ2v) is 6.00. The summed E-state index contributed by atoms with van der Waals surface area (Å²) in [5.41, 5.74) is 1.05. The predicted molar refractivity (Wildman–Crippen MR) is 75.4 cm³/mol. The van der Waals surface area contributed by atoms with Gasteiger partial charge in [0, 0.05) is 24.2 Å². The van der Waals surface area contributed by atoms with E-state index in [0.29, 0.717) is 17.5 Å². The van der Waals surface area contributed by atoms with Gasteiger partial charge in [-0.15, -0.1) is 11.8 Å².